The first-order chi connectivity index (χ1) is 11.1. The Labute approximate surface area is 133 Å². The Kier molecular flexibility index (Phi) is 4.36. The molecule has 7 heteroatoms. The van der Waals surface area contributed by atoms with Crippen LogP contribution in [0, 0.1) is 10.1 Å². The van der Waals surface area contributed by atoms with Gasteiger partial charge in [0.25, 0.3) is 0 Å². The van der Waals surface area contributed by atoms with Gasteiger partial charge in [0.05, 0.1) is 17.9 Å². The standard InChI is InChI=1S/C16H17N3O4/c20-16(7-8-18-11-14(10-17-18)19(21)22)23-15-6-5-12-3-1-2-4-13(12)9-15/h1-4,10-11,15H,5-9H2/t15-/m1/s1. The van der Waals surface area contributed by atoms with E-state index in [1.54, 1.807) is 0 Å². The number of ether oxygens (including phenoxy) is 1. The van der Waals surface area contributed by atoms with Gasteiger partial charge in [-0.15, -0.1) is 0 Å². The van der Waals surface area contributed by atoms with E-state index in [4.69, 9.17) is 4.74 Å². The number of benzene rings is 1. The molecule has 0 spiro atoms. The van der Waals surface area contributed by atoms with Crippen LogP contribution < -0.4 is 0 Å². The molecule has 2 aromatic rings. The normalized spacial score (nSPS) is 16.6. The molecule has 0 saturated carbocycles. The summed E-state index contributed by atoms with van der Waals surface area (Å²) in [5.74, 6) is -0.299. The lowest BCUT2D eigenvalue weighted by atomic mass is 9.90. The van der Waals surface area contributed by atoms with Crippen molar-refractivity contribution in [2.75, 3.05) is 0 Å². The quantitative estimate of drug-likeness (QED) is 0.480. The predicted molar refractivity (Wildman–Crippen MR) is 81.8 cm³/mol. The molecule has 0 unspecified atom stereocenters. The van der Waals surface area contributed by atoms with Crippen molar-refractivity contribution in [2.45, 2.75) is 38.3 Å². The van der Waals surface area contributed by atoms with Gasteiger partial charge in [-0.25, -0.2) is 0 Å². The van der Waals surface area contributed by atoms with Crippen molar-refractivity contribution in [3.05, 3.63) is 57.9 Å². The highest BCUT2D eigenvalue weighted by Crippen LogP contribution is 2.23. The zero-order valence-corrected chi connectivity index (χ0v) is 12.6. The van der Waals surface area contributed by atoms with Crippen molar-refractivity contribution >= 4 is 11.7 Å². The molecule has 0 radical (unpaired) electrons. The third-order valence-electron chi connectivity index (χ3n) is 3.98. The number of nitrogens with zero attached hydrogens (tertiary/aromatic N) is 3. The van der Waals surface area contributed by atoms with Gasteiger partial charge in [0.15, 0.2) is 0 Å². The van der Waals surface area contributed by atoms with E-state index in [9.17, 15) is 14.9 Å². The Morgan fingerprint density at radius 3 is 2.91 bits per heavy atom. The molecule has 120 valence electrons. The fraction of sp³-hybridized carbons (Fsp3) is 0.375. The number of aryl methyl sites for hydroxylation is 2. The van der Waals surface area contributed by atoms with Gasteiger partial charge >= 0.3 is 11.7 Å². The van der Waals surface area contributed by atoms with E-state index in [-0.39, 0.29) is 30.7 Å². The van der Waals surface area contributed by atoms with Crippen LogP contribution in [0.1, 0.15) is 24.0 Å². The summed E-state index contributed by atoms with van der Waals surface area (Å²) >= 11 is 0. The molecular formula is C16H17N3O4. The van der Waals surface area contributed by atoms with Crippen molar-refractivity contribution in [1.82, 2.24) is 9.78 Å². The lowest BCUT2D eigenvalue weighted by molar-refractivity contribution is -0.385. The van der Waals surface area contributed by atoms with Crippen LogP contribution in [0.3, 0.4) is 0 Å². The Morgan fingerprint density at radius 2 is 2.17 bits per heavy atom. The first-order valence-electron chi connectivity index (χ1n) is 7.55. The third-order valence-corrected chi connectivity index (χ3v) is 3.98. The number of carbonyl (C=O) groups is 1. The first-order valence-corrected chi connectivity index (χ1v) is 7.55. The summed E-state index contributed by atoms with van der Waals surface area (Å²) in [5.41, 5.74) is 2.48. The highest BCUT2D eigenvalue weighted by atomic mass is 16.6. The minimum atomic E-state index is -0.513. The van der Waals surface area contributed by atoms with Crippen LogP contribution in [-0.2, 0) is 28.9 Å². The van der Waals surface area contributed by atoms with Crippen molar-refractivity contribution in [3.63, 3.8) is 0 Å². The molecule has 23 heavy (non-hydrogen) atoms. The second-order valence-electron chi connectivity index (χ2n) is 5.59. The fourth-order valence-corrected chi connectivity index (χ4v) is 2.78. The number of hydrogen-bond donors (Lipinski definition) is 0. The lowest BCUT2D eigenvalue weighted by Crippen LogP contribution is -2.26. The maximum Gasteiger partial charge on any atom is 0.307 e. The number of carbonyl (C=O) groups excluding carboxylic acids is 1. The highest BCUT2D eigenvalue weighted by molar-refractivity contribution is 5.69. The summed E-state index contributed by atoms with van der Waals surface area (Å²) in [6, 6.07) is 8.19. The third kappa shape index (κ3) is 3.74. The van der Waals surface area contributed by atoms with Crippen LogP contribution in [-0.4, -0.2) is 26.8 Å². The molecule has 7 nitrogen and oxygen atoms in total. The number of esters is 1. The monoisotopic (exact) mass is 315 g/mol. The zero-order chi connectivity index (χ0) is 16.2. The van der Waals surface area contributed by atoms with E-state index >= 15 is 0 Å². The molecule has 0 aliphatic heterocycles. The van der Waals surface area contributed by atoms with Crippen molar-refractivity contribution in [2.24, 2.45) is 0 Å². The Morgan fingerprint density at radius 1 is 1.39 bits per heavy atom. The predicted octanol–water partition coefficient (Wildman–Crippen LogP) is 2.28. The smallest absolute Gasteiger partial charge is 0.307 e. The van der Waals surface area contributed by atoms with E-state index < -0.39 is 4.92 Å². The number of hydrogen-bond acceptors (Lipinski definition) is 5. The summed E-state index contributed by atoms with van der Waals surface area (Å²) in [7, 11) is 0. The van der Waals surface area contributed by atoms with Crippen LogP contribution >= 0.6 is 0 Å². The summed E-state index contributed by atoms with van der Waals surface area (Å²) < 4.78 is 6.89. The topological polar surface area (TPSA) is 87.3 Å². The van der Waals surface area contributed by atoms with Gasteiger partial charge in [-0.2, -0.15) is 5.10 Å². The van der Waals surface area contributed by atoms with E-state index in [0.717, 1.165) is 19.3 Å². The summed E-state index contributed by atoms with van der Waals surface area (Å²) in [6.45, 7) is 0.274. The minimum absolute atomic E-state index is 0.0812. The second kappa shape index (κ2) is 6.60. The largest absolute Gasteiger partial charge is 0.462 e. The number of aromatic nitrogens is 2. The minimum Gasteiger partial charge on any atom is -0.462 e. The van der Waals surface area contributed by atoms with Gasteiger partial charge in [-0.3, -0.25) is 19.6 Å². The summed E-state index contributed by atoms with van der Waals surface area (Å²) in [6.07, 6.45) is 5.03. The molecule has 1 atom stereocenters. The summed E-state index contributed by atoms with van der Waals surface area (Å²) in [5, 5.41) is 14.4. The van der Waals surface area contributed by atoms with Gasteiger partial charge in [0.1, 0.15) is 18.5 Å². The van der Waals surface area contributed by atoms with Crippen molar-refractivity contribution in [3.8, 4) is 0 Å². The molecule has 0 fully saturated rings. The van der Waals surface area contributed by atoms with Gasteiger partial charge in [-0.05, 0) is 24.0 Å². The van der Waals surface area contributed by atoms with Crippen molar-refractivity contribution < 1.29 is 14.5 Å². The maximum absolute atomic E-state index is 11.9. The molecule has 0 bridgehead atoms. The maximum atomic E-state index is 11.9. The van der Waals surface area contributed by atoms with E-state index in [1.807, 2.05) is 12.1 Å². The molecule has 1 aromatic heterocycles. The van der Waals surface area contributed by atoms with Crippen LogP contribution in [0.5, 0.6) is 0 Å². The molecule has 1 aliphatic carbocycles. The van der Waals surface area contributed by atoms with Gasteiger partial charge in [0.2, 0.25) is 0 Å². The molecular weight excluding hydrogens is 298 g/mol. The number of nitro groups is 1. The first kappa shape index (κ1) is 15.2. The highest BCUT2D eigenvalue weighted by Gasteiger charge is 2.21. The van der Waals surface area contributed by atoms with Gasteiger partial charge in [-0.1, -0.05) is 24.3 Å². The Bertz CT molecular complexity index is 726. The molecule has 1 aliphatic rings. The zero-order valence-electron chi connectivity index (χ0n) is 12.6. The fourth-order valence-electron chi connectivity index (χ4n) is 2.78. The SMILES string of the molecule is O=C(CCn1cc([N+](=O)[O-])cn1)O[C@@H]1CCc2ccccc2C1. The molecule has 1 aromatic carbocycles. The summed E-state index contributed by atoms with van der Waals surface area (Å²) in [4.78, 5) is 22.0. The Hall–Kier alpha value is -2.70. The Balaban J connectivity index is 1.49. The van der Waals surface area contributed by atoms with E-state index in [0.29, 0.717) is 0 Å². The van der Waals surface area contributed by atoms with Crippen LogP contribution in [0.2, 0.25) is 0 Å². The second-order valence-corrected chi connectivity index (χ2v) is 5.59. The lowest BCUT2D eigenvalue weighted by Gasteiger charge is -2.24. The molecule has 0 N–H and O–H groups in total. The van der Waals surface area contributed by atoms with Gasteiger partial charge in [0, 0.05) is 6.42 Å². The molecule has 1 heterocycles. The molecule has 0 amide bonds. The number of rotatable bonds is 5. The average molecular weight is 315 g/mol. The van der Waals surface area contributed by atoms with Gasteiger partial charge < -0.3 is 4.74 Å². The van der Waals surface area contributed by atoms with Crippen LogP contribution in [0.4, 0.5) is 5.69 Å². The number of fused-ring (bicyclic) bond motifs is 1. The van der Waals surface area contributed by atoms with Crippen LogP contribution in [0.25, 0.3) is 0 Å². The molecule has 0 saturated heterocycles. The average Bonchev–Trinajstić information content (AvgIpc) is 3.02. The van der Waals surface area contributed by atoms with E-state index in [2.05, 4.69) is 17.2 Å². The molecule has 3 rings (SSSR count). The van der Waals surface area contributed by atoms with Crippen molar-refractivity contribution in [1.29, 1.82) is 0 Å². The van der Waals surface area contributed by atoms with Crippen LogP contribution in [0.15, 0.2) is 36.7 Å². The van der Waals surface area contributed by atoms with E-state index in [1.165, 1.54) is 28.2 Å².